The van der Waals surface area contributed by atoms with Gasteiger partial charge >= 0.3 is 0 Å². The third kappa shape index (κ3) is 5.32. The van der Waals surface area contributed by atoms with Crippen molar-refractivity contribution in [3.8, 4) is 5.95 Å². The van der Waals surface area contributed by atoms with Crippen LogP contribution < -0.4 is 4.90 Å². The van der Waals surface area contributed by atoms with E-state index in [9.17, 15) is 0 Å². The van der Waals surface area contributed by atoms with Gasteiger partial charge in [-0.1, -0.05) is 35.4 Å². The molecule has 3 aromatic rings. The first-order chi connectivity index (χ1) is 14.1. The molecule has 0 radical (unpaired) electrons. The molecule has 0 unspecified atom stereocenters. The molecule has 0 spiro atoms. The first-order valence-corrected chi connectivity index (χ1v) is 10.3. The fraction of sp³-hybridized carbons (Fsp3) is 0.286. The lowest BCUT2D eigenvalue weighted by atomic mass is 10.2. The molecule has 30 heavy (non-hydrogen) atoms. The summed E-state index contributed by atoms with van der Waals surface area (Å²) < 4.78 is 1.76. The highest BCUT2D eigenvalue weighted by Crippen LogP contribution is 2.26. The van der Waals surface area contributed by atoms with Crippen LogP contribution in [0.1, 0.15) is 11.3 Å². The Hall–Kier alpha value is -2.12. The van der Waals surface area contributed by atoms with E-state index in [-0.39, 0.29) is 12.4 Å². The minimum absolute atomic E-state index is 0. The molecule has 1 fully saturated rings. The first-order valence-electron chi connectivity index (χ1n) is 9.52. The Kier molecular flexibility index (Phi) is 7.72. The molecule has 9 heteroatoms. The van der Waals surface area contributed by atoms with Crippen molar-refractivity contribution in [1.29, 1.82) is 0 Å². The van der Waals surface area contributed by atoms with Gasteiger partial charge in [-0.15, -0.1) is 12.4 Å². The Morgan fingerprint density at radius 1 is 1.00 bits per heavy atom. The van der Waals surface area contributed by atoms with Crippen LogP contribution in [0, 0.1) is 6.92 Å². The van der Waals surface area contributed by atoms with Gasteiger partial charge in [0.15, 0.2) is 0 Å². The smallest absolute Gasteiger partial charge is 0.250 e. The quantitative estimate of drug-likeness (QED) is 0.554. The van der Waals surface area contributed by atoms with Gasteiger partial charge in [-0.2, -0.15) is 5.10 Å². The van der Waals surface area contributed by atoms with Crippen LogP contribution in [-0.2, 0) is 0 Å². The highest BCUT2D eigenvalue weighted by molar-refractivity contribution is 6.35. The zero-order chi connectivity index (χ0) is 20.2. The Bertz CT molecular complexity index is 977. The topological polar surface area (TPSA) is 50.1 Å². The van der Waals surface area contributed by atoms with Crippen molar-refractivity contribution < 1.29 is 0 Å². The lowest BCUT2D eigenvalue weighted by molar-refractivity contribution is 0.284. The molecular weight excluding hydrogens is 443 g/mol. The Morgan fingerprint density at radius 2 is 1.67 bits per heavy atom. The second-order valence-corrected chi connectivity index (χ2v) is 7.84. The van der Waals surface area contributed by atoms with E-state index in [2.05, 4.69) is 37.0 Å². The molecule has 1 aliphatic heterocycles. The monoisotopic (exact) mass is 464 g/mol. The lowest BCUT2D eigenvalue weighted by Crippen LogP contribution is -2.46. The number of hydrogen-bond donors (Lipinski definition) is 0. The molecule has 2 aromatic heterocycles. The molecule has 1 aromatic carbocycles. The van der Waals surface area contributed by atoms with E-state index in [4.69, 9.17) is 23.2 Å². The van der Waals surface area contributed by atoms with Gasteiger partial charge < -0.3 is 4.90 Å². The predicted octanol–water partition coefficient (Wildman–Crippen LogP) is 4.53. The van der Waals surface area contributed by atoms with Crippen LogP contribution in [0.15, 0.2) is 48.9 Å². The SMILES string of the molecule is Cc1c(/C=C/CN2CCN(c3cc(Cl)cc(Cl)c3)CC2)cnn1-c1ncccn1.Cl. The van der Waals surface area contributed by atoms with Gasteiger partial charge in [0.05, 0.1) is 11.9 Å². The summed E-state index contributed by atoms with van der Waals surface area (Å²) in [6.45, 7) is 6.81. The molecule has 0 aliphatic carbocycles. The highest BCUT2D eigenvalue weighted by Gasteiger charge is 2.17. The highest BCUT2D eigenvalue weighted by atomic mass is 35.5. The summed E-state index contributed by atoms with van der Waals surface area (Å²) in [4.78, 5) is 13.3. The first kappa shape index (κ1) is 22.6. The average Bonchev–Trinajstić information content (AvgIpc) is 3.09. The Labute approximate surface area is 192 Å². The molecule has 1 aliphatic rings. The van der Waals surface area contributed by atoms with Gasteiger partial charge in [-0.05, 0) is 31.2 Å². The number of rotatable bonds is 5. The van der Waals surface area contributed by atoms with Crippen LogP contribution in [0.2, 0.25) is 10.0 Å². The van der Waals surface area contributed by atoms with E-state index in [0.717, 1.165) is 49.7 Å². The molecule has 158 valence electrons. The van der Waals surface area contributed by atoms with E-state index in [1.54, 1.807) is 29.2 Å². The van der Waals surface area contributed by atoms with Crippen LogP contribution in [0.4, 0.5) is 5.69 Å². The second kappa shape index (κ2) is 10.3. The van der Waals surface area contributed by atoms with Crippen LogP contribution in [0.25, 0.3) is 12.0 Å². The number of nitrogens with zero attached hydrogens (tertiary/aromatic N) is 6. The minimum Gasteiger partial charge on any atom is -0.369 e. The lowest BCUT2D eigenvalue weighted by Gasteiger charge is -2.35. The number of halogens is 3. The van der Waals surface area contributed by atoms with Crippen LogP contribution >= 0.6 is 35.6 Å². The second-order valence-electron chi connectivity index (χ2n) is 6.96. The maximum atomic E-state index is 6.13. The molecule has 1 saturated heterocycles. The van der Waals surface area contributed by atoms with E-state index in [1.807, 2.05) is 25.3 Å². The van der Waals surface area contributed by atoms with Crippen molar-refractivity contribution in [2.75, 3.05) is 37.6 Å². The fourth-order valence-corrected chi connectivity index (χ4v) is 3.94. The van der Waals surface area contributed by atoms with E-state index in [0.29, 0.717) is 16.0 Å². The maximum absolute atomic E-state index is 6.13. The third-order valence-corrected chi connectivity index (χ3v) is 5.47. The molecule has 0 saturated carbocycles. The van der Waals surface area contributed by atoms with Crippen molar-refractivity contribution in [3.05, 3.63) is 70.2 Å². The van der Waals surface area contributed by atoms with Crippen molar-refractivity contribution in [2.24, 2.45) is 0 Å². The largest absolute Gasteiger partial charge is 0.369 e. The van der Waals surface area contributed by atoms with Gasteiger partial charge in [0, 0.05) is 66.4 Å². The minimum atomic E-state index is 0. The van der Waals surface area contributed by atoms with Gasteiger partial charge in [0.25, 0.3) is 5.95 Å². The summed E-state index contributed by atoms with van der Waals surface area (Å²) in [5, 5.41) is 5.76. The third-order valence-electron chi connectivity index (χ3n) is 5.04. The zero-order valence-electron chi connectivity index (χ0n) is 16.6. The van der Waals surface area contributed by atoms with E-state index < -0.39 is 0 Å². The Morgan fingerprint density at radius 3 is 2.33 bits per heavy atom. The van der Waals surface area contributed by atoms with Crippen LogP contribution in [-0.4, -0.2) is 57.4 Å². The molecule has 3 heterocycles. The Balaban J connectivity index is 0.00000256. The number of aromatic nitrogens is 4. The number of benzene rings is 1. The molecular formula is C21H23Cl3N6. The van der Waals surface area contributed by atoms with Crippen LogP contribution in [0.3, 0.4) is 0 Å². The zero-order valence-corrected chi connectivity index (χ0v) is 18.9. The average molecular weight is 466 g/mol. The molecule has 0 N–H and O–H groups in total. The van der Waals surface area contributed by atoms with E-state index in [1.165, 1.54) is 0 Å². The van der Waals surface area contributed by atoms with Crippen molar-refractivity contribution >= 4 is 47.4 Å². The van der Waals surface area contributed by atoms with Gasteiger partial charge in [-0.3, -0.25) is 4.90 Å². The summed E-state index contributed by atoms with van der Waals surface area (Å²) in [5.41, 5.74) is 3.18. The molecule has 0 atom stereocenters. The number of hydrogen-bond acceptors (Lipinski definition) is 5. The maximum Gasteiger partial charge on any atom is 0.250 e. The summed E-state index contributed by atoms with van der Waals surface area (Å²) in [5.74, 6) is 0.585. The van der Waals surface area contributed by atoms with Gasteiger partial charge in [-0.25, -0.2) is 14.6 Å². The fourth-order valence-electron chi connectivity index (χ4n) is 3.43. The van der Waals surface area contributed by atoms with E-state index >= 15 is 0 Å². The standard InChI is InChI=1S/C21H22Cl2N6.ClH/c1-16-17(15-26-29(16)21-24-5-3-6-25-21)4-2-7-27-8-10-28(11-9-27)20-13-18(22)12-19(23)14-20;/h2-6,12-15H,7-11H2,1H3;1H/b4-2+;. The van der Waals surface area contributed by atoms with Gasteiger partial charge in [0.2, 0.25) is 0 Å². The summed E-state index contributed by atoms with van der Waals surface area (Å²) >= 11 is 12.3. The van der Waals surface area contributed by atoms with Crippen LogP contribution in [0.5, 0.6) is 0 Å². The molecule has 4 rings (SSSR count). The molecule has 6 nitrogen and oxygen atoms in total. The van der Waals surface area contributed by atoms with Crippen molar-refractivity contribution in [2.45, 2.75) is 6.92 Å². The predicted molar refractivity (Wildman–Crippen MR) is 125 cm³/mol. The summed E-state index contributed by atoms with van der Waals surface area (Å²) in [6.07, 6.45) is 9.59. The summed E-state index contributed by atoms with van der Waals surface area (Å²) in [7, 11) is 0. The number of anilines is 1. The normalized spacial score (nSPS) is 14.8. The number of piperazine rings is 1. The molecule has 0 amide bonds. The summed E-state index contributed by atoms with van der Waals surface area (Å²) in [6, 6.07) is 7.51. The van der Waals surface area contributed by atoms with Gasteiger partial charge in [0.1, 0.15) is 0 Å². The van der Waals surface area contributed by atoms with Crippen molar-refractivity contribution in [3.63, 3.8) is 0 Å². The van der Waals surface area contributed by atoms with Crippen molar-refractivity contribution in [1.82, 2.24) is 24.6 Å². The molecule has 0 bridgehead atoms.